The minimum atomic E-state index is -0.348. The lowest BCUT2D eigenvalue weighted by Crippen LogP contribution is -2.25. The topological polar surface area (TPSA) is 3.24 Å². The van der Waals surface area contributed by atoms with Crippen LogP contribution in [0.15, 0.2) is 188 Å². The van der Waals surface area contributed by atoms with Gasteiger partial charge in [0.25, 0.3) is 0 Å². The van der Waals surface area contributed by atoms with Crippen molar-refractivity contribution in [2.45, 2.75) is 24.7 Å². The summed E-state index contributed by atoms with van der Waals surface area (Å²) in [5.41, 5.74) is 19.0. The number of para-hydroxylation sites is 1. The van der Waals surface area contributed by atoms with Crippen molar-refractivity contribution >= 4 is 50.8 Å². The van der Waals surface area contributed by atoms with E-state index in [1.807, 2.05) is 0 Å². The van der Waals surface area contributed by atoms with E-state index in [-0.39, 0.29) is 10.8 Å². The number of hydrogen-bond acceptors (Lipinski definition) is 1. The van der Waals surface area contributed by atoms with Gasteiger partial charge in [-0.3, -0.25) is 0 Å². The summed E-state index contributed by atoms with van der Waals surface area (Å²) < 4.78 is 0. The zero-order valence-corrected chi connectivity index (χ0v) is 32.0. The number of benzene rings is 9. The van der Waals surface area contributed by atoms with Gasteiger partial charge in [0.15, 0.2) is 0 Å². The van der Waals surface area contributed by atoms with Crippen molar-refractivity contribution in [2.75, 3.05) is 4.90 Å². The van der Waals surface area contributed by atoms with Crippen molar-refractivity contribution in [3.05, 3.63) is 233 Å². The number of hydrogen-bond donors (Lipinski definition) is 0. The normalized spacial score (nSPS) is 14.7. The third-order valence-electron chi connectivity index (χ3n) is 13.2. The maximum Gasteiger partial charge on any atom is 0.0725 e. The molecular formula is C56H39N. The molecule has 1 nitrogen and oxygen atoms in total. The maximum atomic E-state index is 2.42. The number of fused-ring (bicyclic) bond motifs is 10. The Labute approximate surface area is 333 Å². The van der Waals surface area contributed by atoms with Crippen molar-refractivity contribution in [3.63, 3.8) is 0 Å². The summed E-state index contributed by atoms with van der Waals surface area (Å²) in [5, 5.41) is 5.48. The van der Waals surface area contributed by atoms with Crippen LogP contribution in [-0.4, -0.2) is 0 Å². The average molecular weight is 726 g/mol. The van der Waals surface area contributed by atoms with E-state index in [9.17, 15) is 0 Å². The molecule has 0 N–H and O–H groups in total. The lowest BCUT2D eigenvalue weighted by molar-refractivity contribution is 0.662. The van der Waals surface area contributed by atoms with Gasteiger partial charge in [0.1, 0.15) is 0 Å². The first-order chi connectivity index (χ1) is 28.0. The first-order valence-electron chi connectivity index (χ1n) is 20.1. The number of rotatable bonds is 5. The molecule has 268 valence electrons. The molecule has 0 aliphatic heterocycles. The van der Waals surface area contributed by atoms with E-state index in [2.05, 4.69) is 219 Å². The van der Waals surface area contributed by atoms with Crippen LogP contribution < -0.4 is 4.90 Å². The van der Waals surface area contributed by atoms with Gasteiger partial charge in [-0.05, 0) is 131 Å². The molecule has 12 rings (SSSR count). The van der Waals surface area contributed by atoms with E-state index in [4.69, 9.17) is 0 Å². The summed E-state index contributed by atoms with van der Waals surface area (Å²) >= 11 is 0. The van der Waals surface area contributed by atoms with Crippen molar-refractivity contribution in [2.24, 2.45) is 0 Å². The van der Waals surface area contributed by atoms with Crippen LogP contribution in [0.25, 0.3) is 56.0 Å². The van der Waals surface area contributed by atoms with Crippen LogP contribution in [0.5, 0.6) is 0 Å². The van der Waals surface area contributed by atoms with Crippen LogP contribution in [0.1, 0.15) is 58.4 Å². The predicted octanol–water partition coefficient (Wildman–Crippen LogP) is 14.6. The highest BCUT2D eigenvalue weighted by Gasteiger charge is 2.51. The summed E-state index contributed by atoms with van der Waals surface area (Å²) in [4.78, 5) is 2.39. The van der Waals surface area contributed by atoms with E-state index < -0.39 is 0 Å². The molecule has 1 heteroatoms. The summed E-state index contributed by atoms with van der Waals surface area (Å²) in [7, 11) is 0. The minimum absolute atomic E-state index is 0.0276. The lowest BCUT2D eigenvalue weighted by Gasteiger charge is -2.31. The smallest absolute Gasteiger partial charge is 0.0725 e. The second-order valence-corrected chi connectivity index (χ2v) is 16.5. The highest BCUT2D eigenvalue weighted by atomic mass is 15.1. The van der Waals surface area contributed by atoms with Crippen LogP contribution in [0.2, 0.25) is 0 Å². The molecule has 0 atom stereocenters. The monoisotopic (exact) mass is 725 g/mol. The van der Waals surface area contributed by atoms with Crippen LogP contribution in [0.4, 0.5) is 17.1 Å². The van der Waals surface area contributed by atoms with Crippen molar-refractivity contribution in [1.82, 2.24) is 0 Å². The van der Waals surface area contributed by atoms with Gasteiger partial charge in [-0.2, -0.15) is 0 Å². The Morgan fingerprint density at radius 2 is 0.877 bits per heavy atom. The number of anilines is 3. The molecule has 0 radical (unpaired) electrons. The Hall–Kier alpha value is -6.96. The van der Waals surface area contributed by atoms with E-state index in [0.29, 0.717) is 0 Å². The van der Waals surface area contributed by atoms with E-state index >= 15 is 0 Å². The molecular weight excluding hydrogens is 687 g/mol. The minimum Gasteiger partial charge on any atom is -0.310 e. The molecule has 1 spiro atoms. The van der Waals surface area contributed by atoms with Crippen molar-refractivity contribution < 1.29 is 0 Å². The zero-order valence-electron chi connectivity index (χ0n) is 32.0. The molecule has 3 aliphatic carbocycles. The van der Waals surface area contributed by atoms with Gasteiger partial charge in [-0.25, -0.2) is 0 Å². The van der Waals surface area contributed by atoms with E-state index in [0.717, 1.165) is 17.1 Å². The summed E-state index contributed by atoms with van der Waals surface area (Å²) in [6.45, 7) is 4.73. The summed E-state index contributed by atoms with van der Waals surface area (Å²) in [5.74, 6) is 0. The van der Waals surface area contributed by atoms with Crippen LogP contribution in [0.3, 0.4) is 0 Å². The van der Waals surface area contributed by atoms with Crippen molar-refractivity contribution in [3.8, 4) is 22.3 Å². The largest absolute Gasteiger partial charge is 0.310 e. The Bertz CT molecular complexity index is 3100. The van der Waals surface area contributed by atoms with Gasteiger partial charge in [0.2, 0.25) is 0 Å². The first kappa shape index (κ1) is 32.3. The molecule has 0 amide bonds. The highest BCUT2D eigenvalue weighted by Crippen LogP contribution is 2.63. The fourth-order valence-electron chi connectivity index (χ4n) is 10.7. The van der Waals surface area contributed by atoms with Gasteiger partial charge >= 0.3 is 0 Å². The Kier molecular flexibility index (Phi) is 6.67. The molecule has 0 saturated carbocycles. The third-order valence-corrected chi connectivity index (χ3v) is 13.2. The van der Waals surface area contributed by atoms with Gasteiger partial charge in [-0.1, -0.05) is 172 Å². The fourth-order valence-corrected chi connectivity index (χ4v) is 10.7. The Morgan fingerprint density at radius 3 is 1.58 bits per heavy atom. The Balaban J connectivity index is 0.941. The molecule has 9 aromatic rings. The second kappa shape index (κ2) is 11.8. The zero-order chi connectivity index (χ0) is 37.9. The molecule has 0 unspecified atom stereocenters. The molecule has 57 heavy (non-hydrogen) atoms. The first-order valence-corrected chi connectivity index (χ1v) is 20.1. The van der Waals surface area contributed by atoms with Gasteiger partial charge in [0, 0.05) is 22.5 Å². The van der Waals surface area contributed by atoms with Crippen LogP contribution >= 0.6 is 0 Å². The standard InChI is InChI=1S/C56H39N/c1-55(2)51-22-12-13-38-27-28-39-33-37(34-52(55)54(39)53(38)51)24-23-36-25-29-41(30-26-36)57(40-14-4-3-5-15-40)42-31-32-50-46(35-42)45-18-8-11-21-49(45)56(50)47-19-9-6-16-43(47)44-17-7-10-20-48(44)56/h3-35H,1-2H3/b24-23+. The van der Waals surface area contributed by atoms with Crippen LogP contribution in [0, 0.1) is 0 Å². The Morgan fingerprint density at radius 1 is 0.351 bits per heavy atom. The van der Waals surface area contributed by atoms with Crippen molar-refractivity contribution in [1.29, 1.82) is 0 Å². The van der Waals surface area contributed by atoms with Gasteiger partial charge in [-0.15, -0.1) is 0 Å². The lowest BCUT2D eigenvalue weighted by atomic mass is 9.70. The molecule has 0 aromatic heterocycles. The highest BCUT2D eigenvalue weighted by molar-refractivity contribution is 6.15. The molecule has 0 bridgehead atoms. The average Bonchev–Trinajstić information content (AvgIpc) is 3.82. The van der Waals surface area contributed by atoms with E-state index in [1.54, 1.807) is 0 Å². The molecule has 0 fully saturated rings. The fraction of sp³-hybridized carbons (Fsp3) is 0.0714. The van der Waals surface area contributed by atoms with Gasteiger partial charge in [0.05, 0.1) is 5.41 Å². The van der Waals surface area contributed by atoms with Crippen LogP contribution in [-0.2, 0) is 10.8 Å². The molecule has 9 aromatic carbocycles. The van der Waals surface area contributed by atoms with E-state index in [1.165, 1.54) is 88.3 Å². The predicted molar refractivity (Wildman–Crippen MR) is 240 cm³/mol. The second-order valence-electron chi connectivity index (χ2n) is 16.5. The van der Waals surface area contributed by atoms with Gasteiger partial charge < -0.3 is 4.90 Å². The SMILES string of the molecule is CC1(C)c2cccc3ccc4cc(/C=C/c5ccc(N(c6ccccc6)c6ccc7c(c6)-c6ccccc6C76c7ccccc7-c7ccccc76)cc5)cc1c4c23. The number of nitrogens with zero attached hydrogens (tertiary/aromatic N) is 1. The molecule has 3 aliphatic rings. The summed E-state index contributed by atoms with van der Waals surface area (Å²) in [6.07, 6.45) is 4.53. The third kappa shape index (κ3) is 4.40. The quantitative estimate of drug-likeness (QED) is 0.126. The summed E-state index contributed by atoms with van der Waals surface area (Å²) in [6, 6.07) is 70.1. The maximum absolute atomic E-state index is 2.42. The molecule has 0 heterocycles. The molecule has 0 saturated heterocycles.